The third kappa shape index (κ3) is 6.06. The van der Waals surface area contributed by atoms with E-state index in [1.54, 1.807) is 17.6 Å². The summed E-state index contributed by atoms with van der Waals surface area (Å²) in [6, 6.07) is 4.70. The highest BCUT2D eigenvalue weighted by Crippen LogP contribution is 2.38. The fourth-order valence-electron chi connectivity index (χ4n) is 4.40. The van der Waals surface area contributed by atoms with E-state index in [9.17, 15) is 24.2 Å². The summed E-state index contributed by atoms with van der Waals surface area (Å²) in [7, 11) is 0. The number of Topliss-reactive ketones (excluding diaryl/α,β-unsaturated/α-hetero) is 1. The first-order valence-corrected chi connectivity index (χ1v) is 11.6. The van der Waals surface area contributed by atoms with Crippen molar-refractivity contribution in [3.8, 4) is 0 Å². The minimum atomic E-state index is -0.874. The molecule has 1 heterocycles. The van der Waals surface area contributed by atoms with E-state index in [0.29, 0.717) is 35.4 Å². The van der Waals surface area contributed by atoms with Crippen LogP contribution in [0.25, 0.3) is 10.2 Å². The molecule has 170 valence electrons. The molecule has 1 aliphatic carbocycles. The standard InChI is InChI=1S/C22H29FN2O5S/c23-15-7-5-8-19-21(15)24-22(31-19)16(26)11-10-14-13(17(27)12-18(14)28)6-3-1-2-4-9-20(29)25-30/h5,7-8,13-14,16-17,26-27,30H,1-4,6,9-12H2,(H,25,29)/t13-,14?,16?,17+/m1/s1. The molecule has 31 heavy (non-hydrogen) atoms. The van der Waals surface area contributed by atoms with Crippen molar-refractivity contribution < 1.29 is 29.4 Å². The second-order valence-electron chi connectivity index (χ2n) is 8.23. The number of hydrogen-bond donors (Lipinski definition) is 4. The largest absolute Gasteiger partial charge is 0.392 e. The molecule has 7 nitrogen and oxygen atoms in total. The van der Waals surface area contributed by atoms with E-state index in [-0.39, 0.29) is 36.0 Å². The van der Waals surface area contributed by atoms with Gasteiger partial charge in [0.1, 0.15) is 28.2 Å². The van der Waals surface area contributed by atoms with E-state index in [4.69, 9.17) is 5.21 Å². The number of fused-ring (bicyclic) bond motifs is 1. The summed E-state index contributed by atoms with van der Waals surface area (Å²) in [6.45, 7) is 0. The number of aliphatic hydroxyl groups excluding tert-OH is 2. The Bertz CT molecular complexity index is 905. The molecule has 4 atom stereocenters. The Kier molecular flexibility index (Phi) is 8.48. The minimum Gasteiger partial charge on any atom is -0.392 e. The molecular formula is C22H29FN2O5S. The predicted octanol–water partition coefficient (Wildman–Crippen LogP) is 3.66. The van der Waals surface area contributed by atoms with Crippen LogP contribution >= 0.6 is 11.3 Å². The number of benzene rings is 1. The first kappa shape index (κ1) is 23.7. The van der Waals surface area contributed by atoms with Gasteiger partial charge in [0.25, 0.3) is 0 Å². The van der Waals surface area contributed by atoms with Crippen LogP contribution in [0.15, 0.2) is 18.2 Å². The van der Waals surface area contributed by atoms with Gasteiger partial charge >= 0.3 is 0 Å². The number of amides is 1. The molecule has 0 aliphatic heterocycles. The molecule has 3 rings (SSSR count). The van der Waals surface area contributed by atoms with E-state index in [1.807, 2.05) is 0 Å². The van der Waals surface area contributed by atoms with Gasteiger partial charge in [-0.05, 0) is 43.7 Å². The molecule has 4 N–H and O–H groups in total. The maximum Gasteiger partial charge on any atom is 0.243 e. The first-order chi connectivity index (χ1) is 14.9. The van der Waals surface area contributed by atoms with Crippen LogP contribution in [0.4, 0.5) is 4.39 Å². The fourth-order valence-corrected chi connectivity index (χ4v) is 5.40. The van der Waals surface area contributed by atoms with E-state index in [2.05, 4.69) is 4.98 Å². The number of aliphatic hydroxyl groups is 2. The Morgan fingerprint density at radius 3 is 2.77 bits per heavy atom. The number of aromatic nitrogens is 1. The molecule has 1 aliphatic rings. The van der Waals surface area contributed by atoms with Gasteiger partial charge in [0, 0.05) is 18.8 Å². The zero-order chi connectivity index (χ0) is 22.4. The molecular weight excluding hydrogens is 423 g/mol. The van der Waals surface area contributed by atoms with Crippen molar-refractivity contribution >= 4 is 33.2 Å². The lowest BCUT2D eigenvalue weighted by atomic mass is 9.85. The summed E-state index contributed by atoms with van der Waals surface area (Å²) in [5.41, 5.74) is 1.86. The van der Waals surface area contributed by atoms with Crippen molar-refractivity contribution in [2.24, 2.45) is 11.8 Å². The molecule has 2 aromatic rings. The van der Waals surface area contributed by atoms with Crippen molar-refractivity contribution in [2.75, 3.05) is 0 Å². The monoisotopic (exact) mass is 452 g/mol. The number of nitrogens with one attached hydrogen (secondary N) is 1. The summed E-state index contributed by atoms with van der Waals surface area (Å²) in [5, 5.41) is 29.8. The topological polar surface area (TPSA) is 120 Å². The van der Waals surface area contributed by atoms with E-state index >= 15 is 0 Å². The van der Waals surface area contributed by atoms with Gasteiger partial charge in [-0.1, -0.05) is 25.3 Å². The quantitative estimate of drug-likeness (QED) is 0.235. The second kappa shape index (κ2) is 11.1. The average Bonchev–Trinajstić information content (AvgIpc) is 3.30. The summed E-state index contributed by atoms with van der Waals surface area (Å²) >= 11 is 1.25. The molecule has 0 saturated heterocycles. The molecule has 1 saturated carbocycles. The smallest absolute Gasteiger partial charge is 0.243 e. The van der Waals surface area contributed by atoms with Crippen LogP contribution in [0.2, 0.25) is 0 Å². The second-order valence-corrected chi connectivity index (χ2v) is 9.29. The Hall–Kier alpha value is -1.94. The number of unbranched alkanes of at least 4 members (excludes halogenated alkanes) is 3. The Labute approximate surface area is 184 Å². The van der Waals surface area contributed by atoms with Gasteiger partial charge in [-0.15, -0.1) is 11.3 Å². The van der Waals surface area contributed by atoms with Gasteiger partial charge in [-0.3, -0.25) is 14.8 Å². The highest BCUT2D eigenvalue weighted by molar-refractivity contribution is 7.18. The molecule has 0 spiro atoms. The van der Waals surface area contributed by atoms with Gasteiger partial charge in [-0.2, -0.15) is 0 Å². The molecule has 1 aromatic carbocycles. The Morgan fingerprint density at radius 2 is 2.03 bits per heavy atom. The van der Waals surface area contributed by atoms with E-state index in [0.717, 1.165) is 19.3 Å². The number of rotatable bonds is 11. The van der Waals surface area contributed by atoms with Crippen molar-refractivity contribution in [1.29, 1.82) is 0 Å². The summed E-state index contributed by atoms with van der Waals surface area (Å²) in [4.78, 5) is 27.6. The van der Waals surface area contributed by atoms with Gasteiger partial charge in [0.2, 0.25) is 5.91 Å². The van der Waals surface area contributed by atoms with Crippen molar-refractivity contribution in [1.82, 2.24) is 10.5 Å². The number of halogens is 1. The number of ketones is 1. The van der Waals surface area contributed by atoms with Crippen molar-refractivity contribution in [3.63, 3.8) is 0 Å². The number of hydroxylamine groups is 1. The molecule has 1 amide bonds. The van der Waals surface area contributed by atoms with Crippen LogP contribution in [0.1, 0.15) is 68.9 Å². The minimum absolute atomic E-state index is 0.0275. The van der Waals surface area contributed by atoms with Gasteiger partial charge in [0.15, 0.2) is 0 Å². The molecule has 9 heteroatoms. The normalized spacial score (nSPS) is 22.2. The summed E-state index contributed by atoms with van der Waals surface area (Å²) in [6.07, 6.45) is 3.62. The molecule has 1 aromatic heterocycles. The number of carbonyl (C=O) groups is 2. The Morgan fingerprint density at radius 1 is 1.26 bits per heavy atom. The molecule has 0 bridgehead atoms. The van der Waals surface area contributed by atoms with Gasteiger partial charge < -0.3 is 10.2 Å². The van der Waals surface area contributed by atoms with Crippen LogP contribution < -0.4 is 5.48 Å². The number of hydrogen-bond acceptors (Lipinski definition) is 7. The zero-order valence-corrected chi connectivity index (χ0v) is 18.1. The number of thiazole rings is 1. The third-order valence-corrected chi connectivity index (χ3v) is 7.20. The van der Waals surface area contributed by atoms with Crippen LogP contribution in [-0.2, 0) is 9.59 Å². The Balaban J connectivity index is 1.49. The SMILES string of the molecule is O=C(CCCCCC[C@@H]1C(CCC(O)c2nc3c(F)cccc3s2)C(=O)C[C@@H]1O)NO. The van der Waals surface area contributed by atoms with E-state index in [1.165, 1.54) is 17.4 Å². The van der Waals surface area contributed by atoms with E-state index < -0.39 is 23.9 Å². The van der Waals surface area contributed by atoms with Crippen LogP contribution in [0, 0.1) is 17.7 Å². The highest BCUT2D eigenvalue weighted by Gasteiger charge is 2.40. The van der Waals surface area contributed by atoms with Crippen molar-refractivity contribution in [2.45, 2.75) is 70.0 Å². The zero-order valence-electron chi connectivity index (χ0n) is 17.3. The first-order valence-electron chi connectivity index (χ1n) is 10.8. The maximum atomic E-state index is 13.9. The van der Waals surface area contributed by atoms with Crippen LogP contribution in [0.5, 0.6) is 0 Å². The molecule has 0 radical (unpaired) electrons. The van der Waals surface area contributed by atoms with Gasteiger partial charge in [0.05, 0.1) is 10.8 Å². The molecule has 1 fully saturated rings. The third-order valence-electron chi connectivity index (χ3n) is 6.07. The van der Waals surface area contributed by atoms with Gasteiger partial charge in [-0.25, -0.2) is 14.9 Å². The fraction of sp³-hybridized carbons (Fsp3) is 0.591. The summed E-state index contributed by atoms with van der Waals surface area (Å²) < 4.78 is 14.5. The lowest BCUT2D eigenvalue weighted by molar-refractivity contribution is -0.129. The lowest BCUT2D eigenvalue weighted by Crippen LogP contribution is -2.21. The highest BCUT2D eigenvalue weighted by atomic mass is 32.1. The number of para-hydroxylation sites is 1. The van der Waals surface area contributed by atoms with Crippen LogP contribution in [-0.4, -0.2) is 38.2 Å². The van der Waals surface area contributed by atoms with Crippen LogP contribution in [0.3, 0.4) is 0 Å². The number of carbonyl (C=O) groups excluding carboxylic acids is 2. The number of nitrogens with zero attached hydrogens (tertiary/aromatic N) is 1. The molecule has 2 unspecified atom stereocenters. The van der Waals surface area contributed by atoms with Crippen molar-refractivity contribution in [3.05, 3.63) is 29.0 Å². The lowest BCUT2D eigenvalue weighted by Gasteiger charge is -2.21. The average molecular weight is 453 g/mol. The maximum absolute atomic E-state index is 13.9. The summed E-state index contributed by atoms with van der Waals surface area (Å²) in [5.74, 6) is -1.21. The predicted molar refractivity (Wildman–Crippen MR) is 114 cm³/mol.